The average molecular weight is 328 g/mol. The van der Waals surface area contributed by atoms with E-state index >= 15 is 0 Å². The second kappa shape index (κ2) is 7.42. The number of rotatable bonds is 4. The zero-order valence-electron chi connectivity index (χ0n) is 13.9. The van der Waals surface area contributed by atoms with E-state index in [1.165, 1.54) is 5.69 Å². The van der Waals surface area contributed by atoms with E-state index in [1.807, 2.05) is 12.1 Å². The molecule has 24 heavy (non-hydrogen) atoms. The second-order valence-electron chi connectivity index (χ2n) is 6.59. The molecule has 2 aromatic heterocycles. The van der Waals surface area contributed by atoms with Gasteiger partial charge in [-0.1, -0.05) is 0 Å². The SMILES string of the molecule is c1cc(-c2cc(C3CCN(C[C@H]4COCCO4)CC3)[nH]n2)ccn1. The van der Waals surface area contributed by atoms with Crippen LogP contribution in [0.1, 0.15) is 24.5 Å². The lowest BCUT2D eigenvalue weighted by Gasteiger charge is -2.34. The van der Waals surface area contributed by atoms with Crippen LogP contribution in [-0.4, -0.2) is 65.6 Å². The molecule has 0 amide bonds. The largest absolute Gasteiger partial charge is 0.376 e. The maximum absolute atomic E-state index is 5.76. The fourth-order valence-electron chi connectivity index (χ4n) is 3.57. The smallest absolute Gasteiger partial charge is 0.0936 e. The van der Waals surface area contributed by atoms with Gasteiger partial charge >= 0.3 is 0 Å². The predicted molar refractivity (Wildman–Crippen MR) is 90.8 cm³/mol. The standard InChI is InChI=1S/C18H24N4O2/c1-5-19-6-2-14(1)17-11-18(21-20-17)15-3-7-22(8-4-15)12-16-13-23-9-10-24-16/h1-2,5-6,11,15-16H,3-4,7-10,12-13H2,(H,20,21)/t16-/m0/s1. The number of ether oxygens (including phenoxy) is 2. The first-order chi connectivity index (χ1) is 11.9. The van der Waals surface area contributed by atoms with Crippen molar-refractivity contribution in [3.8, 4) is 11.3 Å². The number of pyridine rings is 1. The van der Waals surface area contributed by atoms with Crippen molar-refractivity contribution in [3.05, 3.63) is 36.3 Å². The third-order valence-corrected chi connectivity index (χ3v) is 4.95. The highest BCUT2D eigenvalue weighted by Gasteiger charge is 2.25. The molecule has 0 saturated carbocycles. The zero-order valence-corrected chi connectivity index (χ0v) is 13.9. The summed E-state index contributed by atoms with van der Waals surface area (Å²) in [5.41, 5.74) is 3.36. The summed E-state index contributed by atoms with van der Waals surface area (Å²) in [5, 5.41) is 7.71. The molecule has 0 radical (unpaired) electrons. The van der Waals surface area contributed by atoms with E-state index in [9.17, 15) is 0 Å². The van der Waals surface area contributed by atoms with Crippen LogP contribution in [0.15, 0.2) is 30.6 Å². The minimum Gasteiger partial charge on any atom is -0.376 e. The van der Waals surface area contributed by atoms with Crippen LogP contribution in [0, 0.1) is 0 Å². The van der Waals surface area contributed by atoms with Crippen molar-refractivity contribution in [2.45, 2.75) is 24.9 Å². The molecule has 128 valence electrons. The average Bonchev–Trinajstić information content (AvgIpc) is 3.14. The van der Waals surface area contributed by atoms with Crippen LogP contribution in [0.3, 0.4) is 0 Å². The van der Waals surface area contributed by atoms with Crippen molar-refractivity contribution in [2.24, 2.45) is 0 Å². The molecule has 2 aliphatic heterocycles. The Balaban J connectivity index is 1.32. The molecule has 0 spiro atoms. The number of nitrogens with zero attached hydrogens (tertiary/aromatic N) is 3. The summed E-state index contributed by atoms with van der Waals surface area (Å²) >= 11 is 0. The molecule has 2 saturated heterocycles. The van der Waals surface area contributed by atoms with Gasteiger partial charge in [-0.2, -0.15) is 5.10 Å². The van der Waals surface area contributed by atoms with Crippen LogP contribution in [0.2, 0.25) is 0 Å². The molecular formula is C18H24N4O2. The highest BCUT2D eigenvalue weighted by atomic mass is 16.6. The number of nitrogens with one attached hydrogen (secondary N) is 1. The molecule has 0 aliphatic carbocycles. The summed E-state index contributed by atoms with van der Waals surface area (Å²) in [4.78, 5) is 6.56. The van der Waals surface area contributed by atoms with E-state index in [0.717, 1.165) is 63.6 Å². The molecular weight excluding hydrogens is 304 g/mol. The van der Waals surface area contributed by atoms with Gasteiger partial charge in [0, 0.05) is 36.1 Å². The van der Waals surface area contributed by atoms with Crippen LogP contribution in [-0.2, 0) is 9.47 Å². The number of aromatic nitrogens is 3. The first-order valence-electron chi connectivity index (χ1n) is 8.76. The number of H-pyrrole nitrogens is 1. The normalized spacial score (nSPS) is 23.4. The third-order valence-electron chi connectivity index (χ3n) is 4.95. The topological polar surface area (TPSA) is 63.3 Å². The maximum Gasteiger partial charge on any atom is 0.0936 e. The number of hydrogen-bond donors (Lipinski definition) is 1. The number of aromatic amines is 1. The van der Waals surface area contributed by atoms with Crippen LogP contribution < -0.4 is 0 Å². The summed E-state index contributed by atoms with van der Waals surface area (Å²) in [6.45, 7) is 5.39. The maximum atomic E-state index is 5.76. The molecule has 2 aromatic rings. The summed E-state index contributed by atoms with van der Waals surface area (Å²) in [6.07, 6.45) is 6.16. The van der Waals surface area contributed by atoms with Gasteiger partial charge < -0.3 is 14.4 Å². The van der Waals surface area contributed by atoms with Gasteiger partial charge in [0.1, 0.15) is 0 Å². The summed E-state index contributed by atoms with van der Waals surface area (Å²) in [7, 11) is 0. The van der Waals surface area contributed by atoms with Gasteiger partial charge in [0.15, 0.2) is 0 Å². The Morgan fingerprint density at radius 3 is 2.75 bits per heavy atom. The Hall–Kier alpha value is -1.76. The van der Waals surface area contributed by atoms with Gasteiger partial charge in [-0.25, -0.2) is 0 Å². The molecule has 2 aliphatic rings. The summed E-state index contributed by atoms with van der Waals surface area (Å²) in [6, 6.07) is 6.18. The van der Waals surface area contributed by atoms with E-state index < -0.39 is 0 Å². The van der Waals surface area contributed by atoms with Crippen molar-refractivity contribution < 1.29 is 9.47 Å². The highest BCUT2D eigenvalue weighted by molar-refractivity contribution is 5.58. The quantitative estimate of drug-likeness (QED) is 0.931. The van der Waals surface area contributed by atoms with Crippen LogP contribution >= 0.6 is 0 Å². The van der Waals surface area contributed by atoms with Gasteiger partial charge in [0.05, 0.1) is 31.6 Å². The van der Waals surface area contributed by atoms with Gasteiger partial charge in [-0.3, -0.25) is 10.1 Å². The zero-order chi connectivity index (χ0) is 16.2. The molecule has 4 rings (SSSR count). The fraction of sp³-hybridized carbons (Fsp3) is 0.556. The first kappa shape index (κ1) is 15.7. The van der Waals surface area contributed by atoms with Crippen molar-refractivity contribution in [1.82, 2.24) is 20.1 Å². The Morgan fingerprint density at radius 2 is 2.00 bits per heavy atom. The number of likely N-dealkylation sites (tertiary alicyclic amines) is 1. The molecule has 0 unspecified atom stereocenters. The molecule has 1 atom stereocenters. The predicted octanol–water partition coefficient (Wildman–Crippen LogP) is 2.07. The molecule has 4 heterocycles. The fourth-order valence-corrected chi connectivity index (χ4v) is 3.57. The van der Waals surface area contributed by atoms with Crippen molar-refractivity contribution in [1.29, 1.82) is 0 Å². The minimum absolute atomic E-state index is 0.237. The summed E-state index contributed by atoms with van der Waals surface area (Å²) in [5.74, 6) is 0.563. The molecule has 0 bridgehead atoms. The highest BCUT2D eigenvalue weighted by Crippen LogP contribution is 2.29. The molecule has 6 heteroatoms. The van der Waals surface area contributed by atoms with Gasteiger partial charge in [-0.15, -0.1) is 0 Å². The Bertz CT molecular complexity index is 631. The van der Waals surface area contributed by atoms with Crippen LogP contribution in [0.5, 0.6) is 0 Å². The minimum atomic E-state index is 0.237. The van der Waals surface area contributed by atoms with Gasteiger partial charge in [0.25, 0.3) is 0 Å². The Morgan fingerprint density at radius 1 is 1.17 bits per heavy atom. The van der Waals surface area contributed by atoms with E-state index in [2.05, 4.69) is 26.1 Å². The van der Waals surface area contributed by atoms with Crippen molar-refractivity contribution >= 4 is 0 Å². The lowest BCUT2D eigenvalue weighted by Crippen LogP contribution is -2.43. The lowest BCUT2D eigenvalue weighted by molar-refractivity contribution is -0.0988. The lowest BCUT2D eigenvalue weighted by atomic mass is 9.93. The summed E-state index contributed by atoms with van der Waals surface area (Å²) < 4.78 is 11.2. The van der Waals surface area contributed by atoms with E-state index in [-0.39, 0.29) is 6.10 Å². The van der Waals surface area contributed by atoms with Crippen molar-refractivity contribution in [2.75, 3.05) is 39.5 Å². The molecule has 0 aromatic carbocycles. The number of piperidine rings is 1. The van der Waals surface area contributed by atoms with E-state index in [0.29, 0.717) is 5.92 Å². The Labute approximate surface area is 142 Å². The number of hydrogen-bond acceptors (Lipinski definition) is 5. The first-order valence-corrected chi connectivity index (χ1v) is 8.76. The molecule has 1 N–H and O–H groups in total. The Kier molecular flexibility index (Phi) is 4.87. The second-order valence-corrected chi connectivity index (χ2v) is 6.59. The van der Waals surface area contributed by atoms with Crippen molar-refractivity contribution in [3.63, 3.8) is 0 Å². The monoisotopic (exact) mass is 328 g/mol. The van der Waals surface area contributed by atoms with Gasteiger partial charge in [0.2, 0.25) is 0 Å². The van der Waals surface area contributed by atoms with E-state index in [1.54, 1.807) is 12.4 Å². The third kappa shape index (κ3) is 3.66. The van der Waals surface area contributed by atoms with Crippen LogP contribution in [0.25, 0.3) is 11.3 Å². The van der Waals surface area contributed by atoms with Crippen LogP contribution in [0.4, 0.5) is 0 Å². The molecule has 6 nitrogen and oxygen atoms in total. The van der Waals surface area contributed by atoms with Gasteiger partial charge in [-0.05, 0) is 44.1 Å². The molecule has 2 fully saturated rings. The van der Waals surface area contributed by atoms with E-state index in [4.69, 9.17) is 9.47 Å².